The summed E-state index contributed by atoms with van der Waals surface area (Å²) >= 11 is 0. The van der Waals surface area contributed by atoms with Gasteiger partial charge in [-0.25, -0.2) is 9.97 Å². The molecule has 150 valence electrons. The van der Waals surface area contributed by atoms with Crippen molar-refractivity contribution in [2.45, 2.75) is 20.0 Å². The molecule has 0 fully saturated rings. The molecule has 0 radical (unpaired) electrons. The van der Waals surface area contributed by atoms with Crippen LogP contribution in [-0.4, -0.2) is 34.5 Å². The van der Waals surface area contributed by atoms with Crippen LogP contribution in [0.15, 0.2) is 42.5 Å². The molecule has 0 saturated heterocycles. The van der Waals surface area contributed by atoms with E-state index >= 15 is 0 Å². The van der Waals surface area contributed by atoms with E-state index in [4.69, 9.17) is 0 Å². The minimum absolute atomic E-state index is 0.0721. The topological polar surface area (TPSA) is 84.0 Å². The normalized spacial score (nSPS) is 11.3. The van der Waals surface area contributed by atoms with Crippen molar-refractivity contribution >= 4 is 28.5 Å². The van der Waals surface area contributed by atoms with Gasteiger partial charge < -0.3 is 10.6 Å². The second-order valence-electron chi connectivity index (χ2n) is 6.40. The van der Waals surface area contributed by atoms with Crippen LogP contribution < -0.4 is 10.6 Å². The van der Waals surface area contributed by atoms with Crippen molar-refractivity contribution in [3.05, 3.63) is 65.0 Å². The molecule has 0 unspecified atom stereocenters. The van der Waals surface area contributed by atoms with E-state index in [-0.39, 0.29) is 16.8 Å². The molecule has 2 aromatic carbocycles. The highest BCUT2D eigenvalue weighted by molar-refractivity contribution is 6.09. The summed E-state index contributed by atoms with van der Waals surface area (Å²) in [5.41, 5.74) is 3.00. The molecule has 0 spiro atoms. The number of hydrogen-bond donors (Lipinski definition) is 2. The Labute approximate surface area is 164 Å². The van der Waals surface area contributed by atoms with Crippen molar-refractivity contribution in [3.8, 4) is 0 Å². The zero-order chi connectivity index (χ0) is 21.2. The first-order chi connectivity index (χ1) is 13.6. The van der Waals surface area contributed by atoms with Gasteiger partial charge in [-0.15, -0.1) is 0 Å². The van der Waals surface area contributed by atoms with Gasteiger partial charge in [-0.3, -0.25) is 9.59 Å². The molecule has 2 amide bonds. The molecule has 0 aliphatic heterocycles. The Morgan fingerprint density at radius 2 is 1.59 bits per heavy atom. The number of aromatic nitrogens is 2. The monoisotopic (exact) mass is 402 g/mol. The fourth-order valence-electron chi connectivity index (χ4n) is 2.63. The summed E-state index contributed by atoms with van der Waals surface area (Å²) in [7, 11) is 0. The van der Waals surface area contributed by atoms with Crippen LogP contribution in [0, 0.1) is 13.8 Å². The maximum Gasteiger partial charge on any atom is 0.405 e. The lowest BCUT2D eigenvalue weighted by Crippen LogP contribution is -2.34. The first-order valence-electron chi connectivity index (χ1n) is 8.64. The van der Waals surface area contributed by atoms with Gasteiger partial charge >= 0.3 is 6.18 Å². The summed E-state index contributed by atoms with van der Waals surface area (Å²) in [6.45, 7) is 2.18. The number of nitrogens with one attached hydrogen (secondary N) is 2. The highest BCUT2D eigenvalue weighted by Gasteiger charge is 2.28. The van der Waals surface area contributed by atoms with Gasteiger partial charge in [0, 0.05) is 5.56 Å². The number of benzene rings is 2. The van der Waals surface area contributed by atoms with Crippen molar-refractivity contribution in [1.29, 1.82) is 0 Å². The maximum atomic E-state index is 12.6. The molecule has 6 nitrogen and oxygen atoms in total. The number of carbonyl (C=O) groups is 2. The van der Waals surface area contributed by atoms with E-state index in [0.717, 1.165) is 11.4 Å². The van der Waals surface area contributed by atoms with Crippen LogP contribution in [0.2, 0.25) is 0 Å². The minimum Gasteiger partial charge on any atom is -0.343 e. The van der Waals surface area contributed by atoms with Gasteiger partial charge in [0.1, 0.15) is 6.54 Å². The van der Waals surface area contributed by atoms with Gasteiger partial charge in [-0.2, -0.15) is 13.2 Å². The molecule has 2 N–H and O–H groups in total. The van der Waals surface area contributed by atoms with E-state index in [1.807, 2.05) is 13.8 Å². The number of para-hydroxylation sites is 1. The quantitative estimate of drug-likeness (QED) is 0.696. The van der Waals surface area contributed by atoms with Crippen LogP contribution >= 0.6 is 0 Å². The van der Waals surface area contributed by atoms with Gasteiger partial charge in [0.25, 0.3) is 11.8 Å². The Bertz CT molecular complexity index is 1100. The molecule has 3 rings (SSSR count). The van der Waals surface area contributed by atoms with E-state index < -0.39 is 24.5 Å². The Kier molecular flexibility index (Phi) is 5.49. The van der Waals surface area contributed by atoms with Gasteiger partial charge in [0.2, 0.25) is 0 Å². The first-order valence-corrected chi connectivity index (χ1v) is 8.64. The SMILES string of the molecule is Cc1nc2ccc(C(=O)Nc3ccccc3C(=O)NCC(F)(F)F)cc2nc1C. The average Bonchev–Trinajstić information content (AvgIpc) is 2.66. The van der Waals surface area contributed by atoms with Gasteiger partial charge in [0.15, 0.2) is 0 Å². The second kappa shape index (κ2) is 7.86. The number of amides is 2. The van der Waals surface area contributed by atoms with E-state index in [2.05, 4.69) is 15.3 Å². The highest BCUT2D eigenvalue weighted by atomic mass is 19.4. The molecule has 0 aliphatic carbocycles. The summed E-state index contributed by atoms with van der Waals surface area (Å²) in [6.07, 6.45) is -4.53. The van der Waals surface area contributed by atoms with E-state index in [1.54, 1.807) is 29.6 Å². The lowest BCUT2D eigenvalue weighted by molar-refractivity contribution is -0.123. The fourth-order valence-corrected chi connectivity index (χ4v) is 2.63. The van der Waals surface area contributed by atoms with Crippen LogP contribution in [0.1, 0.15) is 32.1 Å². The summed E-state index contributed by atoms with van der Waals surface area (Å²) in [5.74, 6) is -1.46. The standard InChI is InChI=1S/C20H17F3N4O2/c1-11-12(2)26-17-9-13(7-8-16(17)25-11)18(28)27-15-6-4-3-5-14(15)19(29)24-10-20(21,22)23/h3-9H,10H2,1-2H3,(H,24,29)(H,27,28). The minimum atomic E-state index is -4.53. The molecule has 3 aromatic rings. The number of fused-ring (bicyclic) bond motifs is 1. The predicted octanol–water partition coefficient (Wildman–Crippen LogP) is 3.79. The van der Waals surface area contributed by atoms with Crippen molar-refractivity contribution < 1.29 is 22.8 Å². The van der Waals surface area contributed by atoms with Crippen molar-refractivity contribution in [1.82, 2.24) is 15.3 Å². The molecule has 0 bridgehead atoms. The Morgan fingerprint density at radius 3 is 2.28 bits per heavy atom. The first kappa shape index (κ1) is 20.2. The number of carbonyl (C=O) groups excluding carboxylic acids is 2. The number of hydrogen-bond acceptors (Lipinski definition) is 4. The number of aryl methyl sites for hydroxylation is 2. The zero-order valence-electron chi connectivity index (χ0n) is 15.6. The Morgan fingerprint density at radius 1 is 0.931 bits per heavy atom. The van der Waals surface area contributed by atoms with Crippen LogP contribution in [-0.2, 0) is 0 Å². The Balaban J connectivity index is 1.83. The van der Waals surface area contributed by atoms with Crippen LogP contribution in [0.5, 0.6) is 0 Å². The van der Waals surface area contributed by atoms with E-state index in [9.17, 15) is 22.8 Å². The number of rotatable bonds is 4. The third-order valence-electron chi connectivity index (χ3n) is 4.21. The van der Waals surface area contributed by atoms with E-state index in [0.29, 0.717) is 11.0 Å². The predicted molar refractivity (Wildman–Crippen MR) is 102 cm³/mol. The second-order valence-corrected chi connectivity index (χ2v) is 6.40. The Hall–Kier alpha value is -3.49. The lowest BCUT2D eigenvalue weighted by atomic mass is 10.1. The molecular weight excluding hydrogens is 385 g/mol. The molecule has 0 saturated carbocycles. The zero-order valence-corrected chi connectivity index (χ0v) is 15.6. The highest BCUT2D eigenvalue weighted by Crippen LogP contribution is 2.19. The summed E-state index contributed by atoms with van der Waals surface area (Å²) in [6, 6.07) is 10.6. The molecule has 29 heavy (non-hydrogen) atoms. The molecular formula is C20H17F3N4O2. The van der Waals surface area contributed by atoms with Gasteiger partial charge in [-0.1, -0.05) is 12.1 Å². The van der Waals surface area contributed by atoms with Crippen molar-refractivity contribution in [3.63, 3.8) is 0 Å². The largest absolute Gasteiger partial charge is 0.405 e. The lowest BCUT2D eigenvalue weighted by Gasteiger charge is -2.13. The molecule has 0 atom stereocenters. The number of alkyl halides is 3. The smallest absolute Gasteiger partial charge is 0.343 e. The molecule has 1 heterocycles. The maximum absolute atomic E-state index is 12.6. The molecule has 0 aliphatic rings. The molecule has 9 heteroatoms. The number of halogens is 3. The van der Waals surface area contributed by atoms with Crippen molar-refractivity contribution in [2.24, 2.45) is 0 Å². The summed E-state index contributed by atoms with van der Waals surface area (Å²) in [5, 5.41) is 4.36. The summed E-state index contributed by atoms with van der Waals surface area (Å²) < 4.78 is 37.0. The van der Waals surface area contributed by atoms with Gasteiger partial charge in [0.05, 0.1) is 33.7 Å². The van der Waals surface area contributed by atoms with Crippen molar-refractivity contribution in [2.75, 3.05) is 11.9 Å². The third kappa shape index (κ3) is 4.87. The van der Waals surface area contributed by atoms with Crippen LogP contribution in [0.25, 0.3) is 11.0 Å². The van der Waals surface area contributed by atoms with Crippen LogP contribution in [0.3, 0.4) is 0 Å². The van der Waals surface area contributed by atoms with E-state index in [1.165, 1.54) is 18.2 Å². The number of nitrogens with zero attached hydrogens (tertiary/aromatic N) is 2. The van der Waals surface area contributed by atoms with Crippen LogP contribution in [0.4, 0.5) is 18.9 Å². The number of anilines is 1. The average molecular weight is 402 g/mol. The molecule has 1 aromatic heterocycles. The fraction of sp³-hybridized carbons (Fsp3) is 0.200. The summed E-state index contributed by atoms with van der Waals surface area (Å²) in [4.78, 5) is 33.5. The third-order valence-corrected chi connectivity index (χ3v) is 4.21. The van der Waals surface area contributed by atoms with Gasteiger partial charge in [-0.05, 0) is 44.2 Å².